The molecule has 4 aromatic carbocycles. The lowest BCUT2D eigenvalue weighted by molar-refractivity contribution is -0.141. The van der Waals surface area contributed by atoms with Crippen LogP contribution in [0.1, 0.15) is 30.9 Å². The number of rotatable bonds is 11. The Morgan fingerprint density at radius 3 is 2.37 bits per heavy atom. The Labute approximate surface area is 239 Å². The third-order valence-corrected chi connectivity index (χ3v) is 9.21. The maximum absolute atomic E-state index is 14.7. The SMILES string of the molecule is CCNC(=O)[C@@H](Cc1ccccc1)N(Cc1ccccc1F)C(=O)CCCN1c2cccc3cccc(c23)S1(=O)=O. The number of halogens is 1. The van der Waals surface area contributed by atoms with E-state index in [-0.39, 0.29) is 49.1 Å². The lowest BCUT2D eigenvalue weighted by Crippen LogP contribution is -2.50. The number of benzene rings is 4. The van der Waals surface area contributed by atoms with Crippen LogP contribution in [-0.2, 0) is 32.6 Å². The van der Waals surface area contributed by atoms with Crippen LogP contribution >= 0.6 is 0 Å². The molecule has 1 heterocycles. The lowest BCUT2D eigenvalue weighted by Gasteiger charge is -2.32. The number of carbonyl (C=O) groups excluding carboxylic acids is 2. The number of hydrogen-bond acceptors (Lipinski definition) is 4. The van der Waals surface area contributed by atoms with Crippen molar-refractivity contribution < 1.29 is 22.4 Å². The molecule has 1 atom stereocenters. The van der Waals surface area contributed by atoms with E-state index in [9.17, 15) is 22.4 Å². The Bertz CT molecular complexity index is 1670. The molecule has 7 nitrogen and oxygen atoms in total. The summed E-state index contributed by atoms with van der Waals surface area (Å²) in [4.78, 5) is 28.8. The van der Waals surface area contributed by atoms with Crippen LogP contribution in [0.15, 0.2) is 95.9 Å². The fourth-order valence-corrected chi connectivity index (χ4v) is 7.12. The number of carbonyl (C=O) groups is 2. The highest BCUT2D eigenvalue weighted by molar-refractivity contribution is 7.93. The van der Waals surface area contributed by atoms with Crippen molar-refractivity contribution in [1.29, 1.82) is 0 Å². The van der Waals surface area contributed by atoms with Gasteiger partial charge in [-0.15, -0.1) is 0 Å². The minimum absolute atomic E-state index is 0.0164. The Balaban J connectivity index is 1.39. The predicted octanol–water partition coefficient (Wildman–Crippen LogP) is 5.04. The number of sulfonamides is 1. The van der Waals surface area contributed by atoms with Gasteiger partial charge in [-0.25, -0.2) is 12.8 Å². The van der Waals surface area contributed by atoms with Crippen molar-refractivity contribution >= 4 is 38.3 Å². The third kappa shape index (κ3) is 5.81. The fraction of sp³-hybridized carbons (Fsp3) is 0.250. The van der Waals surface area contributed by atoms with E-state index in [1.807, 2.05) is 48.5 Å². The summed E-state index contributed by atoms with van der Waals surface area (Å²) in [5, 5.41) is 4.34. The van der Waals surface area contributed by atoms with Gasteiger partial charge >= 0.3 is 0 Å². The normalized spacial score (nSPS) is 14.1. The van der Waals surface area contributed by atoms with E-state index in [4.69, 9.17) is 0 Å². The van der Waals surface area contributed by atoms with Crippen molar-refractivity contribution in [2.45, 2.75) is 43.7 Å². The maximum atomic E-state index is 14.7. The van der Waals surface area contributed by atoms with Crippen LogP contribution < -0.4 is 9.62 Å². The Morgan fingerprint density at radius 1 is 0.927 bits per heavy atom. The van der Waals surface area contributed by atoms with Crippen LogP contribution in [0.4, 0.5) is 10.1 Å². The maximum Gasteiger partial charge on any atom is 0.265 e. The molecule has 1 aliphatic heterocycles. The van der Waals surface area contributed by atoms with Gasteiger partial charge in [-0.05, 0) is 42.5 Å². The highest BCUT2D eigenvalue weighted by Gasteiger charge is 2.36. The second-order valence-electron chi connectivity index (χ2n) is 10.0. The van der Waals surface area contributed by atoms with E-state index >= 15 is 0 Å². The summed E-state index contributed by atoms with van der Waals surface area (Å²) >= 11 is 0. The van der Waals surface area contributed by atoms with Gasteiger partial charge < -0.3 is 10.2 Å². The van der Waals surface area contributed by atoms with Gasteiger partial charge in [0.05, 0.1) is 10.6 Å². The topological polar surface area (TPSA) is 86.8 Å². The number of amides is 2. The molecule has 4 aromatic rings. The molecule has 2 amide bonds. The standard InChI is InChI=1S/C32H32FN3O4S/c1-2-34-32(38)28(21-23-11-4-3-5-12-23)35(22-25-13-6-7-16-26(25)33)30(37)19-10-20-36-27-17-8-14-24-15-9-18-29(31(24)27)41(36,39)40/h3-9,11-18,28H,2,10,19-22H2,1H3,(H,34,38)/t28-/m1/s1. The van der Waals surface area contributed by atoms with Crippen molar-refractivity contribution in [3.8, 4) is 0 Å². The first-order valence-electron chi connectivity index (χ1n) is 13.7. The first-order valence-corrected chi connectivity index (χ1v) is 15.1. The van der Waals surface area contributed by atoms with Gasteiger partial charge in [0, 0.05) is 43.4 Å². The van der Waals surface area contributed by atoms with Crippen LogP contribution in [0, 0.1) is 5.82 Å². The third-order valence-electron chi connectivity index (χ3n) is 7.35. The molecule has 0 fully saturated rings. The summed E-state index contributed by atoms with van der Waals surface area (Å²) in [6.45, 7) is 2.19. The van der Waals surface area contributed by atoms with E-state index in [2.05, 4.69) is 5.32 Å². The van der Waals surface area contributed by atoms with Gasteiger partial charge in [0.2, 0.25) is 11.8 Å². The van der Waals surface area contributed by atoms with E-state index in [0.717, 1.165) is 10.9 Å². The summed E-state index contributed by atoms with van der Waals surface area (Å²) < 4.78 is 42.8. The minimum Gasteiger partial charge on any atom is -0.355 e. The van der Waals surface area contributed by atoms with Crippen molar-refractivity contribution in [3.63, 3.8) is 0 Å². The van der Waals surface area contributed by atoms with Crippen molar-refractivity contribution in [2.75, 3.05) is 17.4 Å². The molecule has 212 valence electrons. The zero-order chi connectivity index (χ0) is 29.0. The Hall–Kier alpha value is -4.24. The van der Waals surface area contributed by atoms with Crippen LogP contribution in [0.25, 0.3) is 10.8 Å². The van der Waals surface area contributed by atoms with Gasteiger partial charge in [-0.3, -0.25) is 13.9 Å². The molecular formula is C32H32FN3O4S. The number of anilines is 1. The number of nitrogens with zero attached hydrogens (tertiary/aromatic N) is 2. The lowest BCUT2D eigenvalue weighted by atomic mass is 10.0. The van der Waals surface area contributed by atoms with E-state index in [1.165, 1.54) is 15.3 Å². The highest BCUT2D eigenvalue weighted by Crippen LogP contribution is 2.42. The van der Waals surface area contributed by atoms with E-state index in [0.29, 0.717) is 23.2 Å². The average Bonchev–Trinajstić information content (AvgIpc) is 3.19. The molecule has 41 heavy (non-hydrogen) atoms. The van der Waals surface area contributed by atoms with Crippen molar-refractivity contribution in [1.82, 2.24) is 10.2 Å². The molecule has 0 aromatic heterocycles. The van der Waals surface area contributed by atoms with Gasteiger partial charge in [0.25, 0.3) is 10.0 Å². The van der Waals surface area contributed by atoms with Crippen LogP contribution in [0.3, 0.4) is 0 Å². The summed E-state index contributed by atoms with van der Waals surface area (Å²) in [5.74, 6) is -1.15. The van der Waals surface area contributed by atoms with Gasteiger partial charge in [-0.1, -0.05) is 72.8 Å². The number of hydrogen-bond donors (Lipinski definition) is 1. The smallest absolute Gasteiger partial charge is 0.265 e. The first-order chi connectivity index (χ1) is 19.8. The molecule has 0 saturated carbocycles. The Kier molecular flexibility index (Phi) is 8.35. The molecule has 0 spiro atoms. The highest BCUT2D eigenvalue weighted by atomic mass is 32.2. The molecule has 0 bridgehead atoms. The molecule has 5 rings (SSSR count). The van der Waals surface area contributed by atoms with E-state index in [1.54, 1.807) is 43.3 Å². The molecule has 0 radical (unpaired) electrons. The average molecular weight is 574 g/mol. The summed E-state index contributed by atoms with van der Waals surface area (Å²) in [7, 11) is -3.75. The fourth-order valence-electron chi connectivity index (χ4n) is 5.37. The van der Waals surface area contributed by atoms with Crippen LogP contribution in [0.2, 0.25) is 0 Å². The van der Waals surface area contributed by atoms with Crippen molar-refractivity contribution in [2.24, 2.45) is 0 Å². The second-order valence-corrected chi connectivity index (χ2v) is 11.9. The zero-order valence-corrected chi connectivity index (χ0v) is 23.6. The summed E-state index contributed by atoms with van der Waals surface area (Å²) in [6, 6.07) is 25.3. The predicted molar refractivity (Wildman–Crippen MR) is 157 cm³/mol. The number of nitrogens with one attached hydrogen (secondary N) is 1. The molecule has 0 saturated heterocycles. The molecule has 9 heteroatoms. The zero-order valence-electron chi connectivity index (χ0n) is 22.8. The molecule has 1 aliphatic rings. The molecule has 0 aliphatic carbocycles. The minimum atomic E-state index is -3.75. The first kappa shape index (κ1) is 28.3. The summed E-state index contributed by atoms with van der Waals surface area (Å²) in [6.07, 6.45) is 0.464. The van der Waals surface area contributed by atoms with Gasteiger partial charge in [0.15, 0.2) is 0 Å². The second kappa shape index (κ2) is 12.1. The van der Waals surface area contributed by atoms with Crippen LogP contribution in [-0.4, -0.2) is 44.3 Å². The van der Waals surface area contributed by atoms with E-state index < -0.39 is 21.9 Å². The van der Waals surface area contributed by atoms with Gasteiger partial charge in [-0.2, -0.15) is 0 Å². The Morgan fingerprint density at radius 2 is 1.63 bits per heavy atom. The monoisotopic (exact) mass is 573 g/mol. The van der Waals surface area contributed by atoms with Crippen molar-refractivity contribution in [3.05, 3.63) is 108 Å². The molecular weight excluding hydrogens is 541 g/mol. The molecule has 0 unspecified atom stereocenters. The largest absolute Gasteiger partial charge is 0.355 e. The quantitative estimate of drug-likeness (QED) is 0.272. The van der Waals surface area contributed by atoms with Crippen LogP contribution in [0.5, 0.6) is 0 Å². The molecule has 1 N–H and O–H groups in total. The number of likely N-dealkylation sites (N-methyl/N-ethyl adjacent to an activating group) is 1. The van der Waals surface area contributed by atoms with Gasteiger partial charge in [0.1, 0.15) is 11.9 Å². The summed E-state index contributed by atoms with van der Waals surface area (Å²) in [5.41, 5.74) is 1.76.